The summed E-state index contributed by atoms with van der Waals surface area (Å²) in [5.41, 5.74) is 0. The summed E-state index contributed by atoms with van der Waals surface area (Å²) >= 11 is 0. The Morgan fingerprint density at radius 3 is 2.63 bits per heavy atom. The molecule has 19 heavy (non-hydrogen) atoms. The van der Waals surface area contributed by atoms with Crippen LogP contribution in [0.4, 0.5) is 0 Å². The number of nitrogens with zero attached hydrogens (tertiary/aromatic N) is 1. The Hall–Kier alpha value is -0.170. The van der Waals surface area contributed by atoms with Gasteiger partial charge >= 0.3 is 0 Å². The molecule has 1 heterocycles. The predicted octanol–water partition coefficient (Wildman–Crippen LogP) is 0.247. The molecule has 2 unspecified atom stereocenters. The summed E-state index contributed by atoms with van der Waals surface area (Å²) in [6.45, 7) is 7.37. The number of hydrogen-bond acceptors (Lipinski definition) is 4. The highest BCUT2D eigenvalue weighted by Crippen LogP contribution is 2.29. The molecule has 0 aromatic rings. The van der Waals surface area contributed by atoms with Gasteiger partial charge in [-0.3, -0.25) is 4.90 Å². The Morgan fingerprint density at radius 2 is 2.00 bits per heavy atom. The topological polar surface area (TPSA) is 61.4 Å². The van der Waals surface area contributed by atoms with Crippen LogP contribution in [0.2, 0.25) is 0 Å². The molecule has 2 N–H and O–H groups in total. The molecule has 1 aliphatic heterocycles. The van der Waals surface area contributed by atoms with Crippen molar-refractivity contribution in [3.05, 3.63) is 0 Å². The summed E-state index contributed by atoms with van der Waals surface area (Å²) in [4.78, 5) is 2.22. The van der Waals surface area contributed by atoms with Crippen LogP contribution in [0.5, 0.6) is 0 Å². The maximum atomic E-state index is 12.0. The lowest BCUT2D eigenvalue weighted by molar-refractivity contribution is 0.253. The lowest BCUT2D eigenvalue weighted by Crippen LogP contribution is -2.46. The Labute approximate surface area is 117 Å². The molecule has 0 radical (unpaired) electrons. The fraction of sp³-hybridized carbons (Fsp3) is 1.00. The maximum Gasteiger partial charge on any atom is 0.212 e. The van der Waals surface area contributed by atoms with E-state index in [9.17, 15) is 8.42 Å². The lowest BCUT2D eigenvalue weighted by atomic mass is 10.1. The summed E-state index contributed by atoms with van der Waals surface area (Å²) in [5, 5.41) is 3.27. The van der Waals surface area contributed by atoms with Gasteiger partial charge in [-0.05, 0) is 24.7 Å². The monoisotopic (exact) mass is 289 g/mol. The van der Waals surface area contributed by atoms with Gasteiger partial charge in [-0.25, -0.2) is 13.1 Å². The second-order valence-corrected chi connectivity index (χ2v) is 7.97. The van der Waals surface area contributed by atoms with Crippen LogP contribution in [0.1, 0.15) is 26.2 Å². The number of rotatable bonds is 6. The molecule has 5 nitrogen and oxygen atoms in total. The first kappa shape index (κ1) is 15.2. The van der Waals surface area contributed by atoms with Crippen molar-refractivity contribution in [2.24, 2.45) is 11.8 Å². The van der Waals surface area contributed by atoms with Gasteiger partial charge in [-0.15, -0.1) is 0 Å². The Bertz CT molecular complexity index is 351. The zero-order valence-corrected chi connectivity index (χ0v) is 12.7. The zero-order chi connectivity index (χ0) is 13.7. The molecule has 1 saturated heterocycles. The SMILES string of the molecule is CC1CCC(CNS(=O)(=O)CCN2CCNCC2)C1. The van der Waals surface area contributed by atoms with Gasteiger partial charge in [0.1, 0.15) is 0 Å². The highest BCUT2D eigenvalue weighted by molar-refractivity contribution is 7.89. The Morgan fingerprint density at radius 1 is 1.26 bits per heavy atom. The van der Waals surface area contributed by atoms with Gasteiger partial charge in [0.25, 0.3) is 0 Å². The molecule has 2 atom stereocenters. The van der Waals surface area contributed by atoms with Gasteiger partial charge < -0.3 is 5.32 Å². The minimum absolute atomic E-state index is 0.231. The number of nitrogens with one attached hydrogen (secondary N) is 2. The van der Waals surface area contributed by atoms with Crippen LogP contribution in [0.3, 0.4) is 0 Å². The number of piperazine rings is 1. The van der Waals surface area contributed by atoms with Gasteiger partial charge in [0.05, 0.1) is 5.75 Å². The zero-order valence-electron chi connectivity index (χ0n) is 11.9. The molecular formula is C13H27N3O2S. The van der Waals surface area contributed by atoms with E-state index in [1.165, 1.54) is 19.3 Å². The molecule has 0 spiro atoms. The number of hydrogen-bond donors (Lipinski definition) is 2. The van der Waals surface area contributed by atoms with E-state index in [0.29, 0.717) is 19.0 Å². The fourth-order valence-corrected chi connectivity index (χ4v) is 4.14. The van der Waals surface area contributed by atoms with Crippen LogP contribution in [-0.4, -0.2) is 58.3 Å². The lowest BCUT2D eigenvalue weighted by Gasteiger charge is -2.27. The molecule has 0 bridgehead atoms. The summed E-state index contributed by atoms with van der Waals surface area (Å²) in [6, 6.07) is 0. The normalized spacial score (nSPS) is 29.7. The van der Waals surface area contributed by atoms with Crippen LogP contribution >= 0.6 is 0 Å². The highest BCUT2D eigenvalue weighted by Gasteiger charge is 2.23. The van der Waals surface area contributed by atoms with E-state index in [4.69, 9.17) is 0 Å². The van der Waals surface area contributed by atoms with E-state index in [1.807, 2.05) is 0 Å². The van der Waals surface area contributed by atoms with Crippen molar-refractivity contribution in [3.8, 4) is 0 Å². The summed E-state index contributed by atoms with van der Waals surface area (Å²) in [5.74, 6) is 1.54. The average molecular weight is 289 g/mol. The minimum atomic E-state index is -3.10. The minimum Gasteiger partial charge on any atom is -0.314 e. The molecule has 0 amide bonds. The maximum absolute atomic E-state index is 12.0. The van der Waals surface area contributed by atoms with E-state index in [-0.39, 0.29) is 5.75 Å². The third-order valence-corrected chi connectivity index (χ3v) is 5.61. The third-order valence-electron chi connectivity index (χ3n) is 4.28. The molecule has 1 saturated carbocycles. The van der Waals surface area contributed by atoms with Gasteiger partial charge in [0.2, 0.25) is 10.0 Å². The molecule has 1 aliphatic carbocycles. The molecular weight excluding hydrogens is 262 g/mol. The summed E-state index contributed by atoms with van der Waals surface area (Å²) in [7, 11) is -3.10. The fourth-order valence-electron chi connectivity index (χ4n) is 3.01. The van der Waals surface area contributed by atoms with E-state index < -0.39 is 10.0 Å². The second-order valence-electron chi connectivity index (χ2n) is 6.04. The molecule has 6 heteroatoms. The van der Waals surface area contributed by atoms with Crippen molar-refractivity contribution in [2.45, 2.75) is 26.2 Å². The first-order valence-electron chi connectivity index (χ1n) is 7.45. The van der Waals surface area contributed by atoms with Crippen LogP contribution in [-0.2, 0) is 10.0 Å². The van der Waals surface area contributed by atoms with Crippen LogP contribution in [0.15, 0.2) is 0 Å². The average Bonchev–Trinajstić information content (AvgIpc) is 2.82. The van der Waals surface area contributed by atoms with Crippen LogP contribution < -0.4 is 10.0 Å². The first-order valence-corrected chi connectivity index (χ1v) is 9.11. The van der Waals surface area contributed by atoms with E-state index in [2.05, 4.69) is 21.9 Å². The standard InChI is InChI=1S/C13H27N3O2S/c1-12-2-3-13(10-12)11-15-19(17,18)9-8-16-6-4-14-5-7-16/h12-15H,2-11H2,1H3. The highest BCUT2D eigenvalue weighted by atomic mass is 32.2. The summed E-state index contributed by atoms with van der Waals surface area (Å²) in [6.07, 6.45) is 3.58. The summed E-state index contributed by atoms with van der Waals surface area (Å²) < 4.78 is 26.7. The Balaban J connectivity index is 1.66. The quantitative estimate of drug-likeness (QED) is 0.736. The van der Waals surface area contributed by atoms with E-state index >= 15 is 0 Å². The predicted molar refractivity (Wildman–Crippen MR) is 77.6 cm³/mol. The van der Waals surface area contributed by atoms with Crippen molar-refractivity contribution >= 4 is 10.0 Å². The van der Waals surface area contributed by atoms with Gasteiger partial charge in [0.15, 0.2) is 0 Å². The van der Waals surface area contributed by atoms with Gasteiger partial charge in [-0.1, -0.05) is 13.3 Å². The van der Waals surface area contributed by atoms with Crippen molar-refractivity contribution in [2.75, 3.05) is 45.0 Å². The van der Waals surface area contributed by atoms with E-state index in [0.717, 1.165) is 32.1 Å². The van der Waals surface area contributed by atoms with Crippen molar-refractivity contribution in [3.63, 3.8) is 0 Å². The Kier molecular flexibility index (Phi) is 5.62. The van der Waals surface area contributed by atoms with Crippen LogP contribution in [0, 0.1) is 11.8 Å². The molecule has 0 aromatic carbocycles. The number of sulfonamides is 1. The van der Waals surface area contributed by atoms with E-state index in [1.54, 1.807) is 0 Å². The van der Waals surface area contributed by atoms with Crippen molar-refractivity contribution in [1.29, 1.82) is 0 Å². The van der Waals surface area contributed by atoms with Crippen molar-refractivity contribution < 1.29 is 8.42 Å². The molecule has 2 aliphatic rings. The molecule has 0 aromatic heterocycles. The first-order chi connectivity index (χ1) is 9.05. The third kappa shape index (κ3) is 5.38. The molecule has 2 rings (SSSR count). The van der Waals surface area contributed by atoms with Crippen molar-refractivity contribution in [1.82, 2.24) is 14.9 Å². The van der Waals surface area contributed by atoms with Crippen LogP contribution in [0.25, 0.3) is 0 Å². The van der Waals surface area contributed by atoms with Gasteiger partial charge in [-0.2, -0.15) is 0 Å². The smallest absolute Gasteiger partial charge is 0.212 e. The second kappa shape index (κ2) is 7.02. The molecule has 112 valence electrons. The van der Waals surface area contributed by atoms with Gasteiger partial charge in [0, 0.05) is 39.3 Å². The molecule has 2 fully saturated rings. The largest absolute Gasteiger partial charge is 0.314 e.